The highest BCUT2D eigenvalue weighted by molar-refractivity contribution is 5.74. The fraction of sp³-hybridized carbons (Fsp3) is 0.214. The normalized spacial score (nSPS) is 11.3. The Labute approximate surface area is 128 Å². The monoisotopic (exact) mass is 327 g/mol. The van der Waals surface area contributed by atoms with E-state index in [1.165, 1.54) is 6.20 Å². The van der Waals surface area contributed by atoms with E-state index in [1.807, 2.05) is 0 Å². The molecule has 9 heteroatoms. The summed E-state index contributed by atoms with van der Waals surface area (Å²) in [5.74, 6) is -1.29. The fourth-order valence-corrected chi connectivity index (χ4v) is 1.93. The summed E-state index contributed by atoms with van der Waals surface area (Å²) in [6, 6.07) is 2.74. The number of aryl methyl sites for hydroxylation is 1. The Morgan fingerprint density at radius 1 is 1.35 bits per heavy atom. The molecule has 3 N–H and O–H groups in total. The third kappa shape index (κ3) is 3.87. The second-order valence-electron chi connectivity index (χ2n) is 4.62. The minimum absolute atomic E-state index is 0.0168. The number of nitrogen functional groups attached to an aromatic ring is 1. The lowest BCUT2D eigenvalue weighted by atomic mass is 10.0. The van der Waals surface area contributed by atoms with E-state index >= 15 is 0 Å². The number of nitrogens with zero attached hydrogens (tertiary/aromatic N) is 2. The number of anilines is 1. The van der Waals surface area contributed by atoms with Crippen LogP contribution in [0.1, 0.15) is 11.3 Å². The maximum Gasteiger partial charge on any atom is 0.416 e. The zero-order valence-electron chi connectivity index (χ0n) is 11.9. The standard InChI is InChI=1S/C14H12F3N3O3/c1-7-10(5-19-13(18)20-7)9-4-8(14(15,16)17)2-3-11(9)23-6-12(21)22/h2-5H,6H2,1H3,(H,21,22)(H2,18,19,20). The van der Waals surface area contributed by atoms with Crippen molar-refractivity contribution in [3.8, 4) is 16.9 Å². The van der Waals surface area contributed by atoms with Crippen LogP contribution < -0.4 is 10.5 Å². The van der Waals surface area contributed by atoms with Gasteiger partial charge >= 0.3 is 12.1 Å². The molecule has 2 aromatic rings. The molecule has 0 radical (unpaired) electrons. The number of carbonyl (C=O) groups is 1. The molecule has 0 atom stereocenters. The third-order valence-corrected chi connectivity index (χ3v) is 2.95. The Morgan fingerprint density at radius 3 is 2.61 bits per heavy atom. The quantitative estimate of drug-likeness (QED) is 0.895. The largest absolute Gasteiger partial charge is 0.481 e. The number of hydrogen-bond acceptors (Lipinski definition) is 5. The van der Waals surface area contributed by atoms with Crippen molar-refractivity contribution in [3.63, 3.8) is 0 Å². The Bertz CT molecular complexity index is 748. The zero-order chi connectivity index (χ0) is 17.2. The van der Waals surface area contributed by atoms with Gasteiger partial charge in [0.05, 0.1) is 11.3 Å². The minimum atomic E-state index is -4.55. The molecule has 0 saturated heterocycles. The molecule has 0 bridgehead atoms. The summed E-state index contributed by atoms with van der Waals surface area (Å²) in [6.07, 6.45) is -3.29. The maximum absolute atomic E-state index is 12.9. The van der Waals surface area contributed by atoms with Gasteiger partial charge in [-0.1, -0.05) is 0 Å². The molecule has 0 saturated carbocycles. The number of aliphatic carboxylic acids is 1. The van der Waals surface area contributed by atoms with Crippen LogP contribution in [-0.2, 0) is 11.0 Å². The number of ether oxygens (including phenoxy) is 1. The number of alkyl halides is 3. The van der Waals surface area contributed by atoms with Gasteiger partial charge in [0.2, 0.25) is 5.95 Å². The van der Waals surface area contributed by atoms with Gasteiger partial charge in [0.25, 0.3) is 0 Å². The van der Waals surface area contributed by atoms with Crippen LogP contribution in [0.5, 0.6) is 5.75 Å². The highest BCUT2D eigenvalue weighted by atomic mass is 19.4. The van der Waals surface area contributed by atoms with Crippen LogP contribution in [0.25, 0.3) is 11.1 Å². The predicted octanol–water partition coefficient (Wildman–Crippen LogP) is 2.52. The Hall–Kier alpha value is -2.84. The molecule has 1 aromatic carbocycles. The highest BCUT2D eigenvalue weighted by Crippen LogP contribution is 2.37. The van der Waals surface area contributed by atoms with Gasteiger partial charge in [-0.3, -0.25) is 0 Å². The highest BCUT2D eigenvalue weighted by Gasteiger charge is 2.31. The number of rotatable bonds is 4. The summed E-state index contributed by atoms with van der Waals surface area (Å²) in [5.41, 5.74) is 5.19. The maximum atomic E-state index is 12.9. The van der Waals surface area contributed by atoms with Crippen molar-refractivity contribution in [1.29, 1.82) is 0 Å². The smallest absolute Gasteiger partial charge is 0.416 e. The van der Waals surface area contributed by atoms with E-state index in [0.717, 1.165) is 18.2 Å². The number of nitrogens with two attached hydrogens (primary N) is 1. The minimum Gasteiger partial charge on any atom is -0.481 e. The first-order valence-electron chi connectivity index (χ1n) is 6.34. The van der Waals surface area contributed by atoms with E-state index in [2.05, 4.69) is 9.97 Å². The molecule has 23 heavy (non-hydrogen) atoms. The van der Waals surface area contributed by atoms with Crippen LogP contribution in [0.2, 0.25) is 0 Å². The Kier molecular flexibility index (Phi) is 4.39. The molecule has 0 amide bonds. The summed E-state index contributed by atoms with van der Waals surface area (Å²) < 4.78 is 43.8. The number of carboxylic acids is 1. The number of halogens is 3. The van der Waals surface area contributed by atoms with Gasteiger partial charge in [-0.25, -0.2) is 14.8 Å². The number of benzene rings is 1. The summed E-state index contributed by atoms with van der Waals surface area (Å²) >= 11 is 0. The van der Waals surface area contributed by atoms with Gasteiger partial charge in [0.15, 0.2) is 6.61 Å². The van der Waals surface area contributed by atoms with Crippen LogP contribution in [0.15, 0.2) is 24.4 Å². The average Bonchev–Trinajstić information content (AvgIpc) is 2.44. The molecular formula is C14H12F3N3O3. The second kappa shape index (κ2) is 6.11. The topological polar surface area (TPSA) is 98.3 Å². The van der Waals surface area contributed by atoms with Gasteiger partial charge in [0, 0.05) is 17.3 Å². The van der Waals surface area contributed by atoms with Crippen molar-refractivity contribution in [2.45, 2.75) is 13.1 Å². The van der Waals surface area contributed by atoms with Crippen LogP contribution in [-0.4, -0.2) is 27.7 Å². The van der Waals surface area contributed by atoms with Crippen molar-refractivity contribution in [2.24, 2.45) is 0 Å². The van der Waals surface area contributed by atoms with Gasteiger partial charge in [-0.2, -0.15) is 13.2 Å². The van der Waals surface area contributed by atoms with Crippen molar-refractivity contribution >= 4 is 11.9 Å². The van der Waals surface area contributed by atoms with Crippen molar-refractivity contribution in [1.82, 2.24) is 9.97 Å². The first-order chi connectivity index (χ1) is 10.7. The fourth-order valence-electron chi connectivity index (χ4n) is 1.93. The summed E-state index contributed by atoms with van der Waals surface area (Å²) in [7, 11) is 0. The van der Waals surface area contributed by atoms with Gasteiger partial charge in [-0.15, -0.1) is 0 Å². The van der Waals surface area contributed by atoms with Crippen molar-refractivity contribution in [2.75, 3.05) is 12.3 Å². The Balaban J connectivity index is 2.57. The van der Waals surface area contributed by atoms with E-state index in [1.54, 1.807) is 6.92 Å². The van der Waals surface area contributed by atoms with E-state index in [0.29, 0.717) is 5.69 Å². The molecule has 1 aromatic heterocycles. The lowest BCUT2D eigenvalue weighted by Gasteiger charge is -2.15. The van der Waals surface area contributed by atoms with E-state index in [-0.39, 0.29) is 22.8 Å². The molecule has 0 unspecified atom stereocenters. The molecule has 0 aliphatic rings. The molecule has 6 nitrogen and oxygen atoms in total. The van der Waals surface area contributed by atoms with Crippen molar-refractivity contribution in [3.05, 3.63) is 35.7 Å². The zero-order valence-corrected chi connectivity index (χ0v) is 11.9. The van der Waals surface area contributed by atoms with E-state index in [9.17, 15) is 18.0 Å². The summed E-state index contributed by atoms with van der Waals surface area (Å²) in [6.45, 7) is 0.863. The Morgan fingerprint density at radius 2 is 2.04 bits per heavy atom. The third-order valence-electron chi connectivity index (χ3n) is 2.95. The molecular weight excluding hydrogens is 315 g/mol. The number of hydrogen-bond donors (Lipinski definition) is 2. The molecule has 0 fully saturated rings. The first kappa shape index (κ1) is 16.5. The molecule has 0 aliphatic carbocycles. The average molecular weight is 327 g/mol. The van der Waals surface area contributed by atoms with Crippen LogP contribution in [0.3, 0.4) is 0 Å². The molecule has 122 valence electrons. The van der Waals surface area contributed by atoms with E-state index in [4.69, 9.17) is 15.6 Å². The summed E-state index contributed by atoms with van der Waals surface area (Å²) in [5, 5.41) is 8.66. The van der Waals surface area contributed by atoms with Crippen LogP contribution in [0, 0.1) is 6.92 Å². The molecule has 2 rings (SSSR count). The van der Waals surface area contributed by atoms with Crippen molar-refractivity contribution < 1.29 is 27.8 Å². The van der Waals surface area contributed by atoms with Crippen LogP contribution >= 0.6 is 0 Å². The lowest BCUT2D eigenvalue weighted by Crippen LogP contribution is -2.11. The van der Waals surface area contributed by atoms with Gasteiger partial charge < -0.3 is 15.6 Å². The van der Waals surface area contributed by atoms with E-state index < -0.39 is 24.3 Å². The van der Waals surface area contributed by atoms with Crippen LogP contribution in [0.4, 0.5) is 19.1 Å². The number of carboxylic acid groups (broad SMARTS) is 1. The van der Waals surface area contributed by atoms with Gasteiger partial charge in [-0.05, 0) is 25.1 Å². The number of aromatic nitrogens is 2. The lowest BCUT2D eigenvalue weighted by molar-refractivity contribution is -0.140. The summed E-state index contributed by atoms with van der Waals surface area (Å²) in [4.78, 5) is 18.3. The second-order valence-corrected chi connectivity index (χ2v) is 4.62. The van der Waals surface area contributed by atoms with Gasteiger partial charge in [0.1, 0.15) is 5.75 Å². The first-order valence-corrected chi connectivity index (χ1v) is 6.34. The molecule has 1 heterocycles. The predicted molar refractivity (Wildman–Crippen MR) is 74.8 cm³/mol. The molecule has 0 spiro atoms. The molecule has 0 aliphatic heterocycles. The SMILES string of the molecule is Cc1nc(N)ncc1-c1cc(C(F)(F)F)ccc1OCC(=O)O.